The van der Waals surface area contributed by atoms with E-state index < -0.39 is 0 Å². The first-order valence-corrected chi connectivity index (χ1v) is 6.80. The maximum atomic E-state index is 12.4. The molecule has 21 heavy (non-hydrogen) atoms. The molecule has 2 aromatic carbocycles. The van der Waals surface area contributed by atoms with Crippen LogP contribution in [0.25, 0.3) is 0 Å². The van der Waals surface area contributed by atoms with Gasteiger partial charge in [-0.3, -0.25) is 14.5 Å². The van der Waals surface area contributed by atoms with Crippen LogP contribution in [0.5, 0.6) is 0 Å². The molecule has 1 aliphatic heterocycles. The van der Waals surface area contributed by atoms with Crippen LogP contribution in [0, 0.1) is 0 Å². The van der Waals surface area contributed by atoms with Crippen molar-refractivity contribution in [1.82, 2.24) is 4.90 Å². The number of benzene rings is 2. The summed E-state index contributed by atoms with van der Waals surface area (Å²) in [5.74, 6) is -0.437. The Bertz CT molecular complexity index is 687. The van der Waals surface area contributed by atoms with E-state index in [4.69, 9.17) is 0 Å². The number of nitrogens with zero attached hydrogens (tertiary/aromatic N) is 2. The monoisotopic (exact) mass is 280 g/mol. The number of rotatable bonds is 3. The standard InChI is InChI=1S/C17H16N2O2/c1-18(2)15-10-6-3-7-12(15)11-19-16(20)13-8-4-5-9-14(13)17(19)21/h3-10H,11H2,1-2H3. The van der Waals surface area contributed by atoms with E-state index in [0.717, 1.165) is 11.3 Å². The fourth-order valence-corrected chi connectivity index (χ4v) is 2.63. The summed E-state index contributed by atoms with van der Waals surface area (Å²) in [5, 5.41) is 0. The van der Waals surface area contributed by atoms with Crippen molar-refractivity contribution in [2.75, 3.05) is 19.0 Å². The largest absolute Gasteiger partial charge is 0.377 e. The van der Waals surface area contributed by atoms with Crippen LogP contribution in [0.15, 0.2) is 48.5 Å². The van der Waals surface area contributed by atoms with Crippen LogP contribution in [0.3, 0.4) is 0 Å². The highest BCUT2D eigenvalue weighted by atomic mass is 16.2. The summed E-state index contributed by atoms with van der Waals surface area (Å²) in [6.45, 7) is 0.292. The Morgan fingerprint density at radius 2 is 1.38 bits per heavy atom. The molecule has 0 bridgehead atoms. The van der Waals surface area contributed by atoms with Crippen molar-refractivity contribution in [3.8, 4) is 0 Å². The molecule has 0 unspecified atom stereocenters. The van der Waals surface area contributed by atoms with E-state index >= 15 is 0 Å². The van der Waals surface area contributed by atoms with Crippen LogP contribution in [-0.2, 0) is 6.54 Å². The molecule has 0 N–H and O–H groups in total. The summed E-state index contributed by atoms with van der Waals surface area (Å²) < 4.78 is 0. The number of anilines is 1. The van der Waals surface area contributed by atoms with Crippen molar-refractivity contribution in [2.24, 2.45) is 0 Å². The van der Waals surface area contributed by atoms with Gasteiger partial charge < -0.3 is 4.90 Å². The van der Waals surface area contributed by atoms with Gasteiger partial charge in [0.05, 0.1) is 17.7 Å². The van der Waals surface area contributed by atoms with Crippen molar-refractivity contribution in [2.45, 2.75) is 6.54 Å². The van der Waals surface area contributed by atoms with Gasteiger partial charge in [-0.1, -0.05) is 30.3 Å². The van der Waals surface area contributed by atoms with Gasteiger partial charge in [0, 0.05) is 19.8 Å². The average molecular weight is 280 g/mol. The van der Waals surface area contributed by atoms with E-state index in [1.807, 2.05) is 43.3 Å². The lowest BCUT2D eigenvalue weighted by molar-refractivity contribution is 0.0642. The van der Waals surface area contributed by atoms with Crippen LogP contribution in [0.4, 0.5) is 5.69 Å². The minimum absolute atomic E-state index is 0.218. The van der Waals surface area contributed by atoms with Crippen molar-refractivity contribution in [3.05, 3.63) is 65.2 Å². The molecule has 3 rings (SSSR count). The van der Waals surface area contributed by atoms with Crippen molar-refractivity contribution < 1.29 is 9.59 Å². The Labute approximate surface area is 123 Å². The normalized spacial score (nSPS) is 13.5. The molecule has 4 nitrogen and oxygen atoms in total. The third kappa shape index (κ3) is 2.18. The first-order valence-electron chi connectivity index (χ1n) is 6.80. The zero-order chi connectivity index (χ0) is 15.0. The number of carbonyl (C=O) groups excluding carboxylic acids is 2. The van der Waals surface area contributed by atoms with Crippen LogP contribution in [-0.4, -0.2) is 30.8 Å². The molecule has 0 radical (unpaired) electrons. The molecular formula is C17H16N2O2. The molecule has 2 aromatic rings. The van der Waals surface area contributed by atoms with Gasteiger partial charge in [0.15, 0.2) is 0 Å². The summed E-state index contributed by atoms with van der Waals surface area (Å²) in [6.07, 6.45) is 0. The van der Waals surface area contributed by atoms with E-state index in [1.165, 1.54) is 4.90 Å². The fraction of sp³-hybridized carbons (Fsp3) is 0.176. The molecule has 0 fully saturated rings. The molecule has 2 amide bonds. The maximum Gasteiger partial charge on any atom is 0.261 e. The van der Waals surface area contributed by atoms with Gasteiger partial charge in [-0.05, 0) is 23.8 Å². The van der Waals surface area contributed by atoms with E-state index in [2.05, 4.69) is 0 Å². The second-order valence-corrected chi connectivity index (χ2v) is 5.27. The van der Waals surface area contributed by atoms with Crippen molar-refractivity contribution >= 4 is 17.5 Å². The van der Waals surface area contributed by atoms with Gasteiger partial charge in [-0.25, -0.2) is 0 Å². The number of fused-ring (bicyclic) bond motifs is 1. The Morgan fingerprint density at radius 1 is 0.857 bits per heavy atom. The minimum atomic E-state index is -0.218. The van der Waals surface area contributed by atoms with Gasteiger partial charge in [0.25, 0.3) is 11.8 Å². The van der Waals surface area contributed by atoms with Gasteiger partial charge in [-0.2, -0.15) is 0 Å². The molecule has 0 spiro atoms. The zero-order valence-electron chi connectivity index (χ0n) is 12.0. The second kappa shape index (κ2) is 5.05. The first kappa shape index (κ1) is 13.4. The lowest BCUT2D eigenvalue weighted by Crippen LogP contribution is -2.29. The third-order valence-electron chi connectivity index (χ3n) is 3.68. The Hall–Kier alpha value is -2.62. The average Bonchev–Trinajstić information content (AvgIpc) is 2.73. The highest BCUT2D eigenvalue weighted by Gasteiger charge is 2.35. The molecule has 0 aliphatic carbocycles. The molecule has 0 atom stereocenters. The first-order chi connectivity index (χ1) is 10.1. The van der Waals surface area contributed by atoms with Crippen LogP contribution < -0.4 is 4.90 Å². The SMILES string of the molecule is CN(C)c1ccccc1CN1C(=O)c2ccccc2C1=O. The maximum absolute atomic E-state index is 12.4. The Morgan fingerprint density at radius 3 is 1.95 bits per heavy atom. The van der Waals surface area contributed by atoms with Crippen molar-refractivity contribution in [3.63, 3.8) is 0 Å². The van der Waals surface area contributed by atoms with E-state index in [-0.39, 0.29) is 11.8 Å². The summed E-state index contributed by atoms with van der Waals surface area (Å²) in [7, 11) is 3.89. The molecule has 0 saturated heterocycles. The fourth-order valence-electron chi connectivity index (χ4n) is 2.63. The third-order valence-corrected chi connectivity index (χ3v) is 3.68. The second-order valence-electron chi connectivity index (χ2n) is 5.27. The lowest BCUT2D eigenvalue weighted by atomic mass is 10.1. The molecule has 4 heteroatoms. The van der Waals surface area contributed by atoms with Gasteiger partial charge >= 0.3 is 0 Å². The molecular weight excluding hydrogens is 264 g/mol. The number of hydrogen-bond donors (Lipinski definition) is 0. The van der Waals surface area contributed by atoms with Crippen LogP contribution >= 0.6 is 0 Å². The van der Waals surface area contributed by atoms with E-state index in [9.17, 15) is 9.59 Å². The molecule has 1 aliphatic rings. The molecule has 0 saturated carbocycles. The molecule has 106 valence electrons. The topological polar surface area (TPSA) is 40.6 Å². The number of carbonyl (C=O) groups is 2. The number of hydrogen-bond acceptors (Lipinski definition) is 3. The predicted octanol–water partition coefficient (Wildman–Crippen LogP) is 2.55. The summed E-state index contributed by atoms with van der Waals surface area (Å²) >= 11 is 0. The Balaban J connectivity index is 1.95. The van der Waals surface area contributed by atoms with Crippen molar-refractivity contribution in [1.29, 1.82) is 0 Å². The highest BCUT2D eigenvalue weighted by molar-refractivity contribution is 6.21. The quantitative estimate of drug-likeness (QED) is 0.811. The van der Waals surface area contributed by atoms with E-state index in [0.29, 0.717) is 17.7 Å². The summed E-state index contributed by atoms with van der Waals surface area (Å²) in [5.41, 5.74) is 2.95. The number of para-hydroxylation sites is 1. The van der Waals surface area contributed by atoms with Crippen LogP contribution in [0.1, 0.15) is 26.3 Å². The number of amides is 2. The Kier molecular flexibility index (Phi) is 3.22. The lowest BCUT2D eigenvalue weighted by Gasteiger charge is -2.20. The highest BCUT2D eigenvalue weighted by Crippen LogP contribution is 2.27. The van der Waals surface area contributed by atoms with Gasteiger partial charge in [-0.15, -0.1) is 0 Å². The van der Waals surface area contributed by atoms with Gasteiger partial charge in [0.1, 0.15) is 0 Å². The predicted molar refractivity (Wildman–Crippen MR) is 81.4 cm³/mol. The minimum Gasteiger partial charge on any atom is -0.377 e. The van der Waals surface area contributed by atoms with E-state index in [1.54, 1.807) is 24.3 Å². The summed E-state index contributed by atoms with van der Waals surface area (Å²) in [6, 6.07) is 14.7. The molecule has 1 heterocycles. The smallest absolute Gasteiger partial charge is 0.261 e. The molecule has 0 aromatic heterocycles. The zero-order valence-corrected chi connectivity index (χ0v) is 12.0. The summed E-state index contributed by atoms with van der Waals surface area (Å²) in [4.78, 5) is 28.1. The van der Waals surface area contributed by atoms with Gasteiger partial charge in [0.2, 0.25) is 0 Å². The number of imide groups is 1. The van der Waals surface area contributed by atoms with Crippen LogP contribution in [0.2, 0.25) is 0 Å².